The van der Waals surface area contributed by atoms with Gasteiger partial charge in [0, 0.05) is 25.0 Å². The summed E-state index contributed by atoms with van der Waals surface area (Å²) in [6.45, 7) is 4.16. The predicted molar refractivity (Wildman–Crippen MR) is 115 cm³/mol. The maximum Gasteiger partial charge on any atom is 0.236 e. The number of amides is 1. The Hall–Kier alpha value is -2.18. The lowest BCUT2D eigenvalue weighted by atomic mass is 10.2. The zero-order valence-corrected chi connectivity index (χ0v) is 18.2. The van der Waals surface area contributed by atoms with E-state index >= 15 is 0 Å². The molecule has 0 radical (unpaired) electrons. The molecule has 0 fully saturated rings. The second-order valence-electron chi connectivity index (χ2n) is 6.69. The van der Waals surface area contributed by atoms with Gasteiger partial charge in [0.2, 0.25) is 5.91 Å². The number of methoxy groups -OCH3 is 1. The van der Waals surface area contributed by atoms with Gasteiger partial charge in [-0.05, 0) is 55.6 Å². The molecule has 0 N–H and O–H groups in total. The van der Waals surface area contributed by atoms with Gasteiger partial charge in [-0.15, -0.1) is 11.8 Å². The van der Waals surface area contributed by atoms with Gasteiger partial charge in [-0.1, -0.05) is 18.2 Å². The van der Waals surface area contributed by atoms with Gasteiger partial charge in [0.25, 0.3) is 0 Å². The standard InChI is InChI=1S/C22H30N2O3S/c1-6-27-20-12-9-18(13-21(20)26-4)14-23(2)16-22(25)24(3)15-17-7-10-19(28-5)11-8-17/h7-13H,6,14-16H2,1-5H3. The highest BCUT2D eigenvalue weighted by molar-refractivity contribution is 7.98. The normalized spacial score (nSPS) is 10.8. The first-order valence-electron chi connectivity index (χ1n) is 9.32. The lowest BCUT2D eigenvalue weighted by Crippen LogP contribution is -2.36. The van der Waals surface area contributed by atoms with Crippen molar-refractivity contribution in [1.82, 2.24) is 9.80 Å². The summed E-state index contributed by atoms with van der Waals surface area (Å²) in [5, 5.41) is 0. The fraction of sp³-hybridized carbons (Fsp3) is 0.409. The number of thioether (sulfide) groups is 1. The van der Waals surface area contributed by atoms with Gasteiger partial charge in [-0.25, -0.2) is 0 Å². The zero-order chi connectivity index (χ0) is 20.5. The summed E-state index contributed by atoms with van der Waals surface area (Å²) < 4.78 is 11.0. The number of carbonyl (C=O) groups is 1. The van der Waals surface area contributed by atoms with Gasteiger partial charge in [0.05, 0.1) is 20.3 Å². The van der Waals surface area contributed by atoms with Gasteiger partial charge in [0.1, 0.15) is 0 Å². The van der Waals surface area contributed by atoms with E-state index < -0.39 is 0 Å². The van der Waals surface area contributed by atoms with E-state index in [0.29, 0.717) is 32.0 Å². The average molecular weight is 403 g/mol. The van der Waals surface area contributed by atoms with Crippen molar-refractivity contribution < 1.29 is 14.3 Å². The highest BCUT2D eigenvalue weighted by Crippen LogP contribution is 2.28. The third-order valence-electron chi connectivity index (χ3n) is 4.39. The van der Waals surface area contributed by atoms with E-state index in [2.05, 4.69) is 30.5 Å². The third-order valence-corrected chi connectivity index (χ3v) is 5.13. The molecule has 0 saturated carbocycles. The molecule has 2 aromatic carbocycles. The molecule has 0 aliphatic carbocycles. The van der Waals surface area contributed by atoms with Crippen LogP contribution in [0.25, 0.3) is 0 Å². The summed E-state index contributed by atoms with van der Waals surface area (Å²) >= 11 is 1.71. The summed E-state index contributed by atoms with van der Waals surface area (Å²) in [6.07, 6.45) is 2.06. The van der Waals surface area contributed by atoms with Gasteiger partial charge in [-0.3, -0.25) is 9.69 Å². The van der Waals surface area contributed by atoms with Crippen molar-refractivity contribution in [1.29, 1.82) is 0 Å². The van der Waals surface area contributed by atoms with Crippen molar-refractivity contribution in [3.05, 3.63) is 53.6 Å². The zero-order valence-electron chi connectivity index (χ0n) is 17.4. The molecule has 152 valence electrons. The maximum absolute atomic E-state index is 12.6. The van der Waals surface area contributed by atoms with E-state index in [0.717, 1.165) is 16.9 Å². The van der Waals surface area contributed by atoms with Crippen molar-refractivity contribution in [3.8, 4) is 11.5 Å². The first-order valence-corrected chi connectivity index (χ1v) is 10.5. The minimum Gasteiger partial charge on any atom is -0.493 e. The number of hydrogen-bond acceptors (Lipinski definition) is 5. The number of nitrogens with zero attached hydrogens (tertiary/aromatic N) is 2. The largest absolute Gasteiger partial charge is 0.493 e. The Kier molecular flexibility index (Phi) is 8.67. The first kappa shape index (κ1) is 22.1. The molecule has 0 unspecified atom stereocenters. The Morgan fingerprint density at radius 3 is 2.29 bits per heavy atom. The van der Waals surface area contributed by atoms with Crippen molar-refractivity contribution >= 4 is 17.7 Å². The molecule has 0 bridgehead atoms. The van der Waals surface area contributed by atoms with Crippen molar-refractivity contribution in [3.63, 3.8) is 0 Å². The molecule has 0 aromatic heterocycles. The number of benzene rings is 2. The fourth-order valence-corrected chi connectivity index (χ4v) is 3.31. The molecule has 2 aromatic rings. The van der Waals surface area contributed by atoms with Crippen molar-refractivity contribution in [2.24, 2.45) is 0 Å². The average Bonchev–Trinajstić information content (AvgIpc) is 2.69. The van der Waals surface area contributed by atoms with Crippen LogP contribution in [0.3, 0.4) is 0 Å². The van der Waals surface area contributed by atoms with E-state index in [1.165, 1.54) is 4.90 Å². The van der Waals surface area contributed by atoms with Crippen LogP contribution in [0.15, 0.2) is 47.4 Å². The molecule has 0 aliphatic heterocycles. The van der Waals surface area contributed by atoms with Crippen LogP contribution >= 0.6 is 11.8 Å². The van der Waals surface area contributed by atoms with Crippen LogP contribution in [0.1, 0.15) is 18.1 Å². The van der Waals surface area contributed by atoms with Crippen LogP contribution in [-0.2, 0) is 17.9 Å². The van der Waals surface area contributed by atoms with E-state index in [1.807, 2.05) is 44.1 Å². The van der Waals surface area contributed by atoms with E-state index in [4.69, 9.17) is 9.47 Å². The topological polar surface area (TPSA) is 42.0 Å². The van der Waals surface area contributed by atoms with E-state index in [1.54, 1.807) is 23.8 Å². The number of carbonyl (C=O) groups excluding carboxylic acids is 1. The molecule has 2 rings (SSSR count). The minimum absolute atomic E-state index is 0.0920. The Morgan fingerprint density at radius 2 is 1.68 bits per heavy atom. The SMILES string of the molecule is CCOc1ccc(CN(C)CC(=O)N(C)Cc2ccc(SC)cc2)cc1OC. The van der Waals surface area contributed by atoms with Crippen LogP contribution in [0, 0.1) is 0 Å². The predicted octanol–water partition coefficient (Wildman–Crippen LogP) is 3.91. The first-order chi connectivity index (χ1) is 13.5. The molecule has 5 nitrogen and oxygen atoms in total. The van der Waals surface area contributed by atoms with Crippen LogP contribution in [-0.4, -0.2) is 56.3 Å². The molecule has 0 heterocycles. The quantitative estimate of drug-likeness (QED) is 0.564. The van der Waals surface area contributed by atoms with Crippen LogP contribution in [0.4, 0.5) is 0 Å². The van der Waals surface area contributed by atoms with Crippen molar-refractivity contribution in [2.45, 2.75) is 24.9 Å². The third kappa shape index (κ3) is 6.46. The Labute approximate surface area is 172 Å². The van der Waals surface area contributed by atoms with Crippen LogP contribution in [0.5, 0.6) is 11.5 Å². The monoisotopic (exact) mass is 402 g/mol. The number of hydrogen-bond donors (Lipinski definition) is 0. The lowest BCUT2D eigenvalue weighted by molar-refractivity contribution is -0.131. The second kappa shape index (κ2) is 11.0. The van der Waals surface area contributed by atoms with Crippen LogP contribution < -0.4 is 9.47 Å². The summed E-state index contributed by atoms with van der Waals surface area (Å²) in [5.74, 6) is 1.54. The highest BCUT2D eigenvalue weighted by atomic mass is 32.2. The van der Waals surface area contributed by atoms with Gasteiger partial charge < -0.3 is 14.4 Å². The van der Waals surface area contributed by atoms with E-state index in [9.17, 15) is 4.79 Å². The highest BCUT2D eigenvalue weighted by Gasteiger charge is 2.14. The Balaban J connectivity index is 1.90. The maximum atomic E-state index is 12.6. The number of ether oxygens (including phenoxy) is 2. The summed E-state index contributed by atoms with van der Waals surface area (Å²) in [5.41, 5.74) is 2.21. The molecule has 28 heavy (non-hydrogen) atoms. The smallest absolute Gasteiger partial charge is 0.236 e. The van der Waals surface area contributed by atoms with E-state index in [-0.39, 0.29) is 5.91 Å². The number of likely N-dealkylation sites (N-methyl/N-ethyl adjacent to an activating group) is 2. The lowest BCUT2D eigenvalue weighted by Gasteiger charge is -2.22. The van der Waals surface area contributed by atoms with Gasteiger partial charge in [-0.2, -0.15) is 0 Å². The summed E-state index contributed by atoms with van der Waals surface area (Å²) in [7, 11) is 5.43. The number of rotatable bonds is 10. The Morgan fingerprint density at radius 1 is 1.00 bits per heavy atom. The molecule has 0 aliphatic rings. The summed E-state index contributed by atoms with van der Waals surface area (Å²) in [6, 6.07) is 14.2. The molecule has 6 heteroatoms. The molecule has 0 spiro atoms. The molecule has 1 amide bonds. The Bertz CT molecular complexity index is 765. The second-order valence-corrected chi connectivity index (χ2v) is 7.57. The fourth-order valence-electron chi connectivity index (χ4n) is 2.90. The van der Waals surface area contributed by atoms with Gasteiger partial charge in [0.15, 0.2) is 11.5 Å². The molecule has 0 saturated heterocycles. The minimum atomic E-state index is 0.0920. The molecular weight excluding hydrogens is 372 g/mol. The molecular formula is C22H30N2O3S. The molecule has 0 atom stereocenters. The van der Waals surface area contributed by atoms with Crippen molar-refractivity contribution in [2.75, 3.05) is 40.6 Å². The summed E-state index contributed by atoms with van der Waals surface area (Å²) in [4.78, 5) is 17.6. The van der Waals surface area contributed by atoms with Gasteiger partial charge >= 0.3 is 0 Å². The van der Waals surface area contributed by atoms with Crippen LogP contribution in [0.2, 0.25) is 0 Å².